The highest BCUT2D eigenvalue weighted by Crippen LogP contribution is 2.14. The van der Waals surface area contributed by atoms with E-state index in [1.54, 1.807) is 6.07 Å². The Morgan fingerprint density at radius 3 is 2.62 bits per heavy atom. The third kappa shape index (κ3) is 6.17. The first-order valence-corrected chi connectivity index (χ1v) is 8.50. The standard InChI is InChI=1S/C13H18N2O4S2/c1-8-3-4-10(21-8)12(17)14-7-11(16)15-9(13(18)19)5-6-20-2/h3-4,9H,5-7H2,1-2H3,(H,14,17)(H,15,16)(H,18,19)/t9-/m1/s1. The first-order chi connectivity index (χ1) is 9.93. The Kier molecular flexibility index (Phi) is 7.24. The zero-order valence-corrected chi connectivity index (χ0v) is 13.5. The van der Waals surface area contributed by atoms with E-state index in [0.29, 0.717) is 17.1 Å². The molecule has 0 fully saturated rings. The van der Waals surface area contributed by atoms with Crippen molar-refractivity contribution in [3.63, 3.8) is 0 Å². The van der Waals surface area contributed by atoms with Crippen LogP contribution in [0.15, 0.2) is 12.1 Å². The first kappa shape index (κ1) is 17.5. The predicted molar refractivity (Wildman–Crippen MR) is 84.0 cm³/mol. The van der Waals surface area contributed by atoms with E-state index in [2.05, 4.69) is 10.6 Å². The molecule has 0 saturated heterocycles. The highest BCUT2D eigenvalue weighted by Gasteiger charge is 2.19. The van der Waals surface area contributed by atoms with Crippen LogP contribution in [0.5, 0.6) is 0 Å². The van der Waals surface area contributed by atoms with Crippen LogP contribution in [0.4, 0.5) is 0 Å². The molecule has 116 valence electrons. The topological polar surface area (TPSA) is 95.5 Å². The van der Waals surface area contributed by atoms with Crippen molar-refractivity contribution < 1.29 is 19.5 Å². The molecule has 0 saturated carbocycles. The second-order valence-electron chi connectivity index (χ2n) is 4.33. The summed E-state index contributed by atoms with van der Waals surface area (Å²) >= 11 is 2.85. The summed E-state index contributed by atoms with van der Waals surface area (Å²) in [6.45, 7) is 1.65. The SMILES string of the molecule is CSCC[C@@H](NC(=O)CNC(=O)c1ccc(C)s1)C(=O)O. The van der Waals surface area contributed by atoms with Crippen molar-refractivity contribution in [1.82, 2.24) is 10.6 Å². The fourth-order valence-corrected chi connectivity index (χ4v) is 2.80. The summed E-state index contributed by atoms with van der Waals surface area (Å²) < 4.78 is 0. The number of carbonyl (C=O) groups excluding carboxylic acids is 2. The van der Waals surface area contributed by atoms with Crippen molar-refractivity contribution in [2.24, 2.45) is 0 Å². The van der Waals surface area contributed by atoms with E-state index in [4.69, 9.17) is 5.11 Å². The lowest BCUT2D eigenvalue weighted by molar-refractivity contribution is -0.141. The molecule has 1 aromatic heterocycles. The predicted octanol–water partition coefficient (Wildman–Crippen LogP) is 1.11. The molecule has 0 bridgehead atoms. The Bertz CT molecular complexity index is 516. The van der Waals surface area contributed by atoms with E-state index in [1.807, 2.05) is 19.2 Å². The van der Waals surface area contributed by atoms with Crippen LogP contribution >= 0.6 is 23.1 Å². The van der Waals surface area contributed by atoms with Gasteiger partial charge in [0.2, 0.25) is 5.91 Å². The molecule has 1 atom stereocenters. The monoisotopic (exact) mass is 330 g/mol. The number of amides is 2. The number of hydrogen-bond acceptors (Lipinski definition) is 5. The van der Waals surface area contributed by atoms with E-state index in [-0.39, 0.29) is 12.5 Å². The Morgan fingerprint density at radius 2 is 2.10 bits per heavy atom. The third-order valence-electron chi connectivity index (χ3n) is 2.62. The number of carbonyl (C=O) groups is 3. The quantitative estimate of drug-likeness (QED) is 0.663. The molecular formula is C13H18N2O4S2. The van der Waals surface area contributed by atoms with Gasteiger partial charge in [-0.25, -0.2) is 4.79 Å². The maximum absolute atomic E-state index is 11.8. The summed E-state index contributed by atoms with van der Waals surface area (Å²) in [6.07, 6.45) is 2.21. The zero-order chi connectivity index (χ0) is 15.8. The number of thioether (sulfide) groups is 1. The van der Waals surface area contributed by atoms with Crippen LogP contribution < -0.4 is 10.6 Å². The molecule has 6 nitrogen and oxygen atoms in total. The summed E-state index contributed by atoms with van der Waals surface area (Å²) in [5.41, 5.74) is 0. The fourth-order valence-electron chi connectivity index (χ4n) is 1.54. The van der Waals surface area contributed by atoms with E-state index in [1.165, 1.54) is 23.1 Å². The van der Waals surface area contributed by atoms with Gasteiger partial charge in [-0.3, -0.25) is 9.59 Å². The average molecular weight is 330 g/mol. The number of carboxylic acid groups (broad SMARTS) is 1. The van der Waals surface area contributed by atoms with Crippen LogP contribution in [0, 0.1) is 6.92 Å². The second-order valence-corrected chi connectivity index (χ2v) is 6.61. The van der Waals surface area contributed by atoms with Gasteiger partial charge in [-0.2, -0.15) is 11.8 Å². The number of aryl methyl sites for hydroxylation is 1. The van der Waals surface area contributed by atoms with Crippen molar-refractivity contribution in [2.75, 3.05) is 18.6 Å². The van der Waals surface area contributed by atoms with Crippen LogP contribution in [0.25, 0.3) is 0 Å². The van der Waals surface area contributed by atoms with E-state index >= 15 is 0 Å². The number of thiophene rings is 1. The largest absolute Gasteiger partial charge is 0.480 e. The minimum absolute atomic E-state index is 0.237. The van der Waals surface area contributed by atoms with E-state index in [9.17, 15) is 14.4 Å². The van der Waals surface area contributed by atoms with Crippen LogP contribution in [-0.4, -0.2) is 47.5 Å². The maximum atomic E-state index is 11.8. The summed E-state index contributed by atoms with van der Waals surface area (Å²) in [5, 5.41) is 13.9. The van der Waals surface area contributed by atoms with Crippen molar-refractivity contribution >= 4 is 40.9 Å². The number of nitrogens with one attached hydrogen (secondary N) is 2. The molecule has 1 heterocycles. The molecule has 0 unspecified atom stereocenters. The summed E-state index contributed by atoms with van der Waals surface area (Å²) in [6, 6.07) is 2.58. The van der Waals surface area contributed by atoms with Crippen molar-refractivity contribution in [3.8, 4) is 0 Å². The fraction of sp³-hybridized carbons (Fsp3) is 0.462. The molecule has 1 rings (SSSR count). The van der Waals surface area contributed by atoms with Crippen molar-refractivity contribution in [1.29, 1.82) is 0 Å². The lowest BCUT2D eigenvalue weighted by Crippen LogP contribution is -2.45. The smallest absolute Gasteiger partial charge is 0.326 e. The van der Waals surface area contributed by atoms with Gasteiger partial charge in [0.05, 0.1) is 11.4 Å². The normalized spacial score (nSPS) is 11.7. The number of aliphatic carboxylic acids is 1. The Balaban J connectivity index is 2.42. The van der Waals surface area contributed by atoms with Crippen molar-refractivity contribution in [3.05, 3.63) is 21.9 Å². The molecule has 0 aromatic carbocycles. The first-order valence-electron chi connectivity index (χ1n) is 6.29. The molecule has 8 heteroatoms. The van der Waals surface area contributed by atoms with Crippen LogP contribution in [0.2, 0.25) is 0 Å². The zero-order valence-electron chi connectivity index (χ0n) is 11.8. The molecule has 0 aliphatic carbocycles. The van der Waals surface area contributed by atoms with Gasteiger partial charge in [-0.05, 0) is 37.5 Å². The summed E-state index contributed by atoms with van der Waals surface area (Å²) in [4.78, 5) is 35.9. The molecule has 0 spiro atoms. The minimum Gasteiger partial charge on any atom is -0.480 e. The lowest BCUT2D eigenvalue weighted by atomic mass is 10.2. The summed E-state index contributed by atoms with van der Waals surface area (Å²) in [5.74, 6) is -1.28. The number of carboxylic acids is 1. The van der Waals surface area contributed by atoms with Gasteiger partial charge in [0.25, 0.3) is 5.91 Å². The highest BCUT2D eigenvalue weighted by atomic mass is 32.2. The van der Waals surface area contributed by atoms with Gasteiger partial charge in [0.1, 0.15) is 6.04 Å². The van der Waals surface area contributed by atoms with Crippen LogP contribution in [-0.2, 0) is 9.59 Å². The van der Waals surface area contributed by atoms with E-state index in [0.717, 1.165) is 4.88 Å². The van der Waals surface area contributed by atoms with Crippen LogP contribution in [0.3, 0.4) is 0 Å². The molecular weight excluding hydrogens is 312 g/mol. The number of hydrogen-bond donors (Lipinski definition) is 3. The number of rotatable bonds is 8. The molecule has 21 heavy (non-hydrogen) atoms. The Hall–Kier alpha value is -1.54. The van der Waals surface area contributed by atoms with Gasteiger partial charge in [0, 0.05) is 4.88 Å². The molecule has 1 aromatic rings. The third-order valence-corrected chi connectivity index (χ3v) is 4.26. The maximum Gasteiger partial charge on any atom is 0.326 e. The Morgan fingerprint density at radius 1 is 1.38 bits per heavy atom. The second kappa shape index (κ2) is 8.68. The molecule has 0 radical (unpaired) electrons. The van der Waals surface area contributed by atoms with Crippen molar-refractivity contribution in [2.45, 2.75) is 19.4 Å². The lowest BCUT2D eigenvalue weighted by Gasteiger charge is -2.14. The van der Waals surface area contributed by atoms with Crippen LogP contribution in [0.1, 0.15) is 21.0 Å². The minimum atomic E-state index is -1.07. The molecule has 0 aliphatic rings. The highest BCUT2D eigenvalue weighted by molar-refractivity contribution is 7.98. The van der Waals surface area contributed by atoms with Gasteiger partial charge >= 0.3 is 5.97 Å². The molecule has 2 amide bonds. The van der Waals surface area contributed by atoms with Gasteiger partial charge < -0.3 is 15.7 Å². The average Bonchev–Trinajstić information content (AvgIpc) is 2.87. The molecule has 3 N–H and O–H groups in total. The Labute approximate surface area is 131 Å². The summed E-state index contributed by atoms with van der Waals surface area (Å²) in [7, 11) is 0. The van der Waals surface area contributed by atoms with Gasteiger partial charge in [-0.15, -0.1) is 11.3 Å². The molecule has 0 aliphatic heterocycles. The van der Waals surface area contributed by atoms with E-state index < -0.39 is 17.9 Å². The van der Waals surface area contributed by atoms with Gasteiger partial charge in [0.15, 0.2) is 0 Å². The van der Waals surface area contributed by atoms with Gasteiger partial charge in [-0.1, -0.05) is 0 Å².